The molecular formula is C23H38N4O2. The fourth-order valence-corrected chi connectivity index (χ4v) is 3.56. The van der Waals surface area contributed by atoms with Crippen molar-refractivity contribution in [3.05, 3.63) is 29.8 Å². The summed E-state index contributed by atoms with van der Waals surface area (Å²) in [6, 6.07) is 7.87. The minimum atomic E-state index is -0.213. The van der Waals surface area contributed by atoms with Crippen molar-refractivity contribution in [2.45, 2.75) is 65.5 Å². The molecule has 1 aromatic rings. The molecule has 0 bridgehead atoms. The largest absolute Gasteiger partial charge is 0.350 e. The summed E-state index contributed by atoms with van der Waals surface area (Å²) in [5.74, 6) is 0.548. The molecule has 1 aliphatic heterocycles. The topological polar surface area (TPSA) is 64.7 Å². The molecule has 1 saturated heterocycles. The van der Waals surface area contributed by atoms with Gasteiger partial charge >= 0.3 is 0 Å². The zero-order valence-corrected chi connectivity index (χ0v) is 18.9. The lowest BCUT2D eigenvalue weighted by Crippen LogP contribution is -2.47. The molecule has 2 amide bonds. The normalized spacial score (nSPS) is 17.6. The first-order valence-corrected chi connectivity index (χ1v) is 10.7. The van der Waals surface area contributed by atoms with Gasteiger partial charge in [0.05, 0.1) is 12.6 Å². The summed E-state index contributed by atoms with van der Waals surface area (Å²) >= 11 is 0. The van der Waals surface area contributed by atoms with E-state index in [9.17, 15) is 9.59 Å². The lowest BCUT2D eigenvalue weighted by molar-refractivity contribution is -0.124. The molecule has 162 valence electrons. The van der Waals surface area contributed by atoms with Gasteiger partial charge in [-0.15, -0.1) is 0 Å². The Hall–Kier alpha value is -1.92. The van der Waals surface area contributed by atoms with E-state index in [4.69, 9.17) is 0 Å². The minimum absolute atomic E-state index is 0.0150. The molecular weight excluding hydrogens is 364 g/mol. The van der Waals surface area contributed by atoms with Gasteiger partial charge in [-0.05, 0) is 64.3 Å². The van der Waals surface area contributed by atoms with Gasteiger partial charge in [-0.25, -0.2) is 0 Å². The van der Waals surface area contributed by atoms with Crippen LogP contribution in [0.2, 0.25) is 0 Å². The summed E-state index contributed by atoms with van der Waals surface area (Å²) in [5.41, 5.74) is 1.88. The summed E-state index contributed by atoms with van der Waals surface area (Å²) in [7, 11) is 0. The molecule has 1 heterocycles. The van der Waals surface area contributed by atoms with Crippen molar-refractivity contribution in [2.75, 3.05) is 38.0 Å². The second-order valence-electron chi connectivity index (χ2n) is 9.41. The molecule has 0 unspecified atom stereocenters. The molecule has 0 aromatic heterocycles. The number of benzene rings is 1. The van der Waals surface area contributed by atoms with Crippen LogP contribution in [0.3, 0.4) is 0 Å². The van der Waals surface area contributed by atoms with Crippen molar-refractivity contribution in [3.8, 4) is 0 Å². The van der Waals surface area contributed by atoms with Gasteiger partial charge in [-0.1, -0.05) is 26.0 Å². The Morgan fingerprint density at radius 1 is 1.00 bits per heavy atom. The molecule has 1 fully saturated rings. The quantitative estimate of drug-likeness (QED) is 0.768. The van der Waals surface area contributed by atoms with E-state index in [0.717, 1.165) is 38.3 Å². The highest BCUT2D eigenvalue weighted by Crippen LogP contribution is 2.18. The van der Waals surface area contributed by atoms with Crippen LogP contribution in [0.15, 0.2) is 24.3 Å². The van der Waals surface area contributed by atoms with E-state index >= 15 is 0 Å². The van der Waals surface area contributed by atoms with E-state index in [2.05, 4.69) is 46.4 Å². The molecule has 1 aliphatic rings. The van der Waals surface area contributed by atoms with Crippen LogP contribution >= 0.6 is 0 Å². The third-order valence-electron chi connectivity index (χ3n) is 5.28. The van der Waals surface area contributed by atoms with Gasteiger partial charge in [0, 0.05) is 30.9 Å². The fraction of sp³-hybridized carbons (Fsp3) is 0.652. The van der Waals surface area contributed by atoms with Crippen LogP contribution in [-0.2, 0) is 9.59 Å². The third kappa shape index (κ3) is 7.78. The maximum atomic E-state index is 12.7. The average molecular weight is 403 g/mol. The summed E-state index contributed by atoms with van der Waals surface area (Å²) in [6.45, 7) is 16.0. The first kappa shape index (κ1) is 23.4. The van der Waals surface area contributed by atoms with Crippen molar-refractivity contribution in [2.24, 2.45) is 0 Å². The van der Waals surface area contributed by atoms with Crippen LogP contribution in [0.5, 0.6) is 0 Å². The number of rotatable bonds is 6. The molecule has 29 heavy (non-hydrogen) atoms. The van der Waals surface area contributed by atoms with Crippen molar-refractivity contribution >= 4 is 17.5 Å². The van der Waals surface area contributed by atoms with Gasteiger partial charge in [0.2, 0.25) is 11.8 Å². The molecule has 2 N–H and O–H groups in total. The summed E-state index contributed by atoms with van der Waals surface area (Å²) in [6.07, 6.45) is 0.948. The number of carbonyl (C=O) groups is 2. The van der Waals surface area contributed by atoms with Crippen LogP contribution in [-0.4, -0.2) is 65.9 Å². The Bertz CT molecular complexity index is 679. The molecule has 6 heteroatoms. The highest BCUT2D eigenvalue weighted by Gasteiger charge is 2.25. The maximum Gasteiger partial charge on any atom is 0.241 e. The molecule has 2 rings (SSSR count). The number of nitrogens with one attached hydrogen (secondary N) is 2. The number of hydrogen-bond donors (Lipinski definition) is 2. The number of amides is 2. The van der Waals surface area contributed by atoms with Crippen LogP contribution in [0.1, 0.15) is 59.4 Å². The molecule has 0 radical (unpaired) electrons. The monoisotopic (exact) mass is 402 g/mol. The third-order valence-corrected chi connectivity index (χ3v) is 5.28. The summed E-state index contributed by atoms with van der Waals surface area (Å²) in [5, 5.41) is 6.06. The Balaban J connectivity index is 1.85. The van der Waals surface area contributed by atoms with Crippen molar-refractivity contribution < 1.29 is 9.59 Å². The maximum absolute atomic E-state index is 12.7. The smallest absolute Gasteiger partial charge is 0.241 e. The van der Waals surface area contributed by atoms with Crippen LogP contribution in [0.4, 0.5) is 5.69 Å². The standard InChI is InChI=1S/C23H38N4O2/c1-17(2)19-8-10-20(11-9-19)24-22(29)18(3)27-13-7-12-26(14-15-27)16-21(28)25-23(4,5)6/h8-11,17-18H,7,12-16H2,1-6H3,(H,24,29)(H,25,28)/t18-/m1/s1. The zero-order chi connectivity index (χ0) is 21.6. The van der Waals surface area contributed by atoms with Crippen molar-refractivity contribution in [3.63, 3.8) is 0 Å². The second-order valence-corrected chi connectivity index (χ2v) is 9.41. The van der Waals surface area contributed by atoms with E-state index in [-0.39, 0.29) is 23.4 Å². The zero-order valence-electron chi connectivity index (χ0n) is 18.9. The van der Waals surface area contributed by atoms with E-state index in [1.807, 2.05) is 39.8 Å². The first-order valence-electron chi connectivity index (χ1n) is 10.7. The predicted octanol–water partition coefficient (Wildman–Crippen LogP) is 3.06. The summed E-state index contributed by atoms with van der Waals surface area (Å²) in [4.78, 5) is 29.3. The highest BCUT2D eigenvalue weighted by molar-refractivity contribution is 5.94. The lowest BCUT2D eigenvalue weighted by Gasteiger charge is -2.27. The molecule has 0 saturated carbocycles. The minimum Gasteiger partial charge on any atom is -0.350 e. The van der Waals surface area contributed by atoms with Crippen LogP contribution in [0.25, 0.3) is 0 Å². The Morgan fingerprint density at radius 3 is 2.24 bits per heavy atom. The van der Waals surface area contributed by atoms with Gasteiger partial charge in [-0.3, -0.25) is 19.4 Å². The van der Waals surface area contributed by atoms with Gasteiger partial charge < -0.3 is 10.6 Å². The lowest BCUT2D eigenvalue weighted by atomic mass is 10.0. The number of nitrogens with zero attached hydrogens (tertiary/aromatic N) is 2. The average Bonchev–Trinajstić information content (AvgIpc) is 2.85. The van der Waals surface area contributed by atoms with Gasteiger partial charge in [0.1, 0.15) is 0 Å². The number of hydrogen-bond acceptors (Lipinski definition) is 4. The molecule has 0 spiro atoms. The molecule has 6 nitrogen and oxygen atoms in total. The van der Waals surface area contributed by atoms with E-state index in [0.29, 0.717) is 12.5 Å². The SMILES string of the molecule is CC(C)c1ccc(NC(=O)[C@@H](C)N2CCCN(CC(=O)NC(C)(C)C)CC2)cc1. The second kappa shape index (κ2) is 10.2. The van der Waals surface area contributed by atoms with Gasteiger partial charge in [-0.2, -0.15) is 0 Å². The van der Waals surface area contributed by atoms with Crippen LogP contribution < -0.4 is 10.6 Å². The number of carbonyl (C=O) groups excluding carboxylic acids is 2. The Morgan fingerprint density at radius 2 is 1.66 bits per heavy atom. The first-order chi connectivity index (χ1) is 13.5. The van der Waals surface area contributed by atoms with Gasteiger partial charge in [0.15, 0.2) is 0 Å². The highest BCUT2D eigenvalue weighted by atomic mass is 16.2. The summed E-state index contributed by atoms with van der Waals surface area (Å²) < 4.78 is 0. The van der Waals surface area contributed by atoms with Crippen LogP contribution in [0, 0.1) is 0 Å². The number of anilines is 1. The Labute approximate surface area is 176 Å². The fourth-order valence-electron chi connectivity index (χ4n) is 3.56. The van der Waals surface area contributed by atoms with Crippen molar-refractivity contribution in [1.29, 1.82) is 0 Å². The van der Waals surface area contributed by atoms with E-state index in [1.54, 1.807) is 0 Å². The Kier molecular flexibility index (Phi) is 8.23. The molecule has 1 aromatic carbocycles. The molecule has 0 aliphatic carbocycles. The van der Waals surface area contributed by atoms with Gasteiger partial charge in [0.25, 0.3) is 0 Å². The van der Waals surface area contributed by atoms with E-state index < -0.39 is 0 Å². The van der Waals surface area contributed by atoms with Crippen molar-refractivity contribution in [1.82, 2.24) is 15.1 Å². The van der Waals surface area contributed by atoms with E-state index in [1.165, 1.54) is 5.56 Å². The predicted molar refractivity (Wildman–Crippen MR) is 119 cm³/mol. The molecule has 1 atom stereocenters.